The smallest absolute Gasteiger partial charge is 0.276 e. The van der Waals surface area contributed by atoms with E-state index in [4.69, 9.17) is 11.6 Å². The predicted molar refractivity (Wildman–Crippen MR) is 69.4 cm³/mol. The Labute approximate surface area is 112 Å². The molecule has 1 aliphatic carbocycles. The number of carbonyl (C=O) groups is 1. The van der Waals surface area contributed by atoms with Crippen molar-refractivity contribution in [2.75, 3.05) is 0 Å². The van der Waals surface area contributed by atoms with Crippen LogP contribution in [-0.2, 0) is 14.9 Å². The monoisotopic (exact) mass is 300 g/mol. The molecule has 0 aromatic heterocycles. The number of rotatable bonds is 3. The van der Waals surface area contributed by atoms with Crippen LogP contribution < -0.4 is 0 Å². The number of aldehydes is 1. The van der Waals surface area contributed by atoms with Crippen molar-refractivity contribution in [3.8, 4) is 0 Å². The first-order valence-electron chi connectivity index (χ1n) is 4.64. The molecule has 2 atom stereocenters. The fraction of sp³-hybridized carbons (Fsp3) is 0.500. The van der Waals surface area contributed by atoms with Crippen LogP contribution in [0.5, 0.6) is 0 Å². The van der Waals surface area contributed by atoms with Crippen LogP contribution in [0.2, 0.25) is 0 Å². The van der Waals surface area contributed by atoms with Crippen LogP contribution in [0.25, 0.3) is 0 Å². The molecular formula is C10H14Cl2O4S. The third kappa shape index (κ3) is 2.73. The summed E-state index contributed by atoms with van der Waals surface area (Å²) in [5.74, 6) is 0. The Morgan fingerprint density at radius 2 is 2.06 bits per heavy atom. The molecule has 1 N–H and O–H groups in total. The molecule has 17 heavy (non-hydrogen) atoms. The van der Waals surface area contributed by atoms with Gasteiger partial charge in [0.1, 0.15) is 11.0 Å². The minimum Gasteiger partial charge on any atom is -0.303 e. The average molecular weight is 301 g/mol. The summed E-state index contributed by atoms with van der Waals surface area (Å²) in [7, 11) is -4.40. The molecule has 1 unspecified atom stereocenters. The Morgan fingerprint density at radius 3 is 2.47 bits per heavy atom. The summed E-state index contributed by atoms with van der Waals surface area (Å²) in [6, 6.07) is 0. The number of allylic oxidation sites excluding steroid dienone is 3. The Hall–Kier alpha value is -0.360. The topological polar surface area (TPSA) is 71.4 Å². The second-order valence-electron chi connectivity index (χ2n) is 4.04. The molecule has 1 rings (SSSR count). The van der Waals surface area contributed by atoms with Crippen molar-refractivity contribution in [2.24, 2.45) is 0 Å². The van der Waals surface area contributed by atoms with Gasteiger partial charge in [0.15, 0.2) is 0 Å². The largest absolute Gasteiger partial charge is 0.303 e. The van der Waals surface area contributed by atoms with Crippen molar-refractivity contribution in [3.63, 3.8) is 0 Å². The molecular weight excluding hydrogens is 287 g/mol. The molecule has 0 amide bonds. The zero-order valence-corrected chi connectivity index (χ0v) is 11.8. The SMILES string of the molecule is CC1=CC(Cl)(CC=O)[C@](C)(S(=O)(=O)O)C=C1.Cl. The van der Waals surface area contributed by atoms with Gasteiger partial charge >= 0.3 is 0 Å². The zero-order chi connectivity index (χ0) is 12.6. The molecule has 0 saturated heterocycles. The average Bonchev–Trinajstić information content (AvgIpc) is 2.10. The van der Waals surface area contributed by atoms with E-state index < -0.39 is 19.7 Å². The summed E-state index contributed by atoms with van der Waals surface area (Å²) in [4.78, 5) is 9.14. The van der Waals surface area contributed by atoms with Crippen molar-refractivity contribution < 1.29 is 17.8 Å². The van der Waals surface area contributed by atoms with Gasteiger partial charge in [-0.05, 0) is 13.8 Å². The van der Waals surface area contributed by atoms with E-state index in [-0.39, 0.29) is 18.8 Å². The minimum absolute atomic E-state index is 0. The fourth-order valence-corrected chi connectivity index (χ4v) is 3.07. The van der Waals surface area contributed by atoms with Gasteiger partial charge in [-0.3, -0.25) is 4.55 Å². The van der Waals surface area contributed by atoms with Crippen LogP contribution in [-0.4, -0.2) is 28.9 Å². The Balaban J connectivity index is 0.00000256. The number of hydrogen-bond donors (Lipinski definition) is 1. The van der Waals surface area contributed by atoms with Crippen molar-refractivity contribution in [3.05, 3.63) is 23.8 Å². The van der Waals surface area contributed by atoms with Crippen molar-refractivity contribution in [1.82, 2.24) is 0 Å². The van der Waals surface area contributed by atoms with Gasteiger partial charge in [-0.1, -0.05) is 23.8 Å². The normalized spacial score (nSPS) is 32.6. The van der Waals surface area contributed by atoms with E-state index in [0.29, 0.717) is 6.29 Å². The summed E-state index contributed by atoms with van der Waals surface area (Å²) in [5, 5.41) is 0. The first-order valence-corrected chi connectivity index (χ1v) is 6.46. The van der Waals surface area contributed by atoms with Crippen molar-refractivity contribution in [2.45, 2.75) is 29.9 Å². The molecule has 0 aliphatic heterocycles. The maximum Gasteiger partial charge on any atom is 0.276 e. The zero-order valence-electron chi connectivity index (χ0n) is 9.38. The highest BCUT2D eigenvalue weighted by Crippen LogP contribution is 2.43. The molecule has 4 nitrogen and oxygen atoms in total. The maximum absolute atomic E-state index is 11.4. The Morgan fingerprint density at radius 1 is 1.53 bits per heavy atom. The molecule has 0 aromatic carbocycles. The molecule has 0 saturated carbocycles. The summed E-state index contributed by atoms with van der Waals surface area (Å²) in [6.07, 6.45) is 4.70. The minimum atomic E-state index is -4.40. The maximum atomic E-state index is 11.4. The lowest BCUT2D eigenvalue weighted by atomic mass is 9.83. The van der Waals surface area contributed by atoms with Gasteiger partial charge in [0.05, 0.1) is 4.87 Å². The second kappa shape index (κ2) is 5.10. The van der Waals surface area contributed by atoms with E-state index in [1.165, 1.54) is 19.1 Å². The third-order valence-electron chi connectivity index (χ3n) is 2.86. The number of hydrogen-bond acceptors (Lipinski definition) is 3. The van der Waals surface area contributed by atoms with Crippen LogP contribution >= 0.6 is 24.0 Å². The lowest BCUT2D eigenvalue weighted by Crippen LogP contribution is -2.52. The molecule has 0 aromatic rings. The molecule has 0 heterocycles. The van der Waals surface area contributed by atoms with Gasteiger partial charge in [-0.25, -0.2) is 0 Å². The number of alkyl halides is 1. The van der Waals surface area contributed by atoms with Gasteiger partial charge in [0.2, 0.25) is 0 Å². The molecule has 0 spiro atoms. The molecule has 0 bridgehead atoms. The van der Waals surface area contributed by atoms with E-state index in [0.717, 1.165) is 5.57 Å². The quantitative estimate of drug-likeness (QED) is 0.492. The van der Waals surface area contributed by atoms with Crippen molar-refractivity contribution >= 4 is 40.4 Å². The predicted octanol–water partition coefficient (Wildman–Crippen LogP) is 2.14. The summed E-state index contributed by atoms with van der Waals surface area (Å²) in [5.41, 5.74) is 0.748. The van der Waals surface area contributed by atoms with Crippen molar-refractivity contribution in [1.29, 1.82) is 0 Å². The van der Waals surface area contributed by atoms with E-state index in [2.05, 4.69) is 0 Å². The van der Waals surface area contributed by atoms with E-state index >= 15 is 0 Å². The lowest BCUT2D eigenvalue weighted by molar-refractivity contribution is -0.108. The highest BCUT2D eigenvalue weighted by atomic mass is 35.5. The highest BCUT2D eigenvalue weighted by Gasteiger charge is 2.53. The van der Waals surface area contributed by atoms with Crippen LogP contribution in [0.15, 0.2) is 23.8 Å². The highest BCUT2D eigenvalue weighted by molar-refractivity contribution is 7.87. The van der Waals surface area contributed by atoms with Crippen LogP contribution in [0.4, 0.5) is 0 Å². The Bertz CT molecular complexity index is 469. The fourth-order valence-electron chi connectivity index (χ4n) is 1.66. The Kier molecular flexibility index (Phi) is 4.99. The lowest BCUT2D eigenvalue weighted by Gasteiger charge is -2.39. The summed E-state index contributed by atoms with van der Waals surface area (Å²) < 4.78 is 30.3. The van der Waals surface area contributed by atoms with E-state index in [1.807, 2.05) is 0 Å². The van der Waals surface area contributed by atoms with Gasteiger partial charge in [0, 0.05) is 6.42 Å². The van der Waals surface area contributed by atoms with Gasteiger partial charge in [-0.2, -0.15) is 8.42 Å². The number of carbonyl (C=O) groups excluding carboxylic acids is 1. The van der Waals surface area contributed by atoms with Gasteiger partial charge < -0.3 is 4.79 Å². The van der Waals surface area contributed by atoms with Crippen LogP contribution in [0.3, 0.4) is 0 Å². The molecule has 0 fully saturated rings. The summed E-state index contributed by atoms with van der Waals surface area (Å²) >= 11 is 6.16. The standard InChI is InChI=1S/C10H13ClO4S.ClH/c1-8-3-4-9(2,16(13,14)15)10(11,7-8)5-6-12;/h3-4,6-7H,5H2,1-2H3,(H,13,14,15);1H/t9-,10?;/m1./s1. The molecule has 7 heteroatoms. The van der Waals surface area contributed by atoms with E-state index in [9.17, 15) is 17.8 Å². The third-order valence-corrected chi connectivity index (χ3v) is 5.20. The van der Waals surface area contributed by atoms with Gasteiger partial charge in [-0.15, -0.1) is 24.0 Å². The van der Waals surface area contributed by atoms with Crippen LogP contribution in [0, 0.1) is 0 Å². The molecule has 0 radical (unpaired) electrons. The second-order valence-corrected chi connectivity index (χ2v) is 6.51. The summed E-state index contributed by atoms with van der Waals surface area (Å²) in [6.45, 7) is 3.03. The molecule has 98 valence electrons. The molecule has 1 aliphatic rings. The first-order chi connectivity index (χ1) is 7.16. The van der Waals surface area contributed by atoms with Crippen LogP contribution in [0.1, 0.15) is 20.3 Å². The van der Waals surface area contributed by atoms with E-state index in [1.54, 1.807) is 13.0 Å². The first kappa shape index (κ1) is 16.6. The number of halogens is 2. The van der Waals surface area contributed by atoms with Gasteiger partial charge in [0.25, 0.3) is 10.1 Å².